The third kappa shape index (κ3) is 6.19. The minimum absolute atomic E-state index is 0.0113. The smallest absolute Gasteiger partial charge is 0.406 e. The van der Waals surface area contributed by atoms with Gasteiger partial charge in [0, 0.05) is 31.1 Å². The summed E-state index contributed by atoms with van der Waals surface area (Å²) >= 11 is 0. The van der Waals surface area contributed by atoms with Crippen molar-refractivity contribution >= 4 is 5.91 Å². The van der Waals surface area contributed by atoms with Crippen LogP contribution in [0.3, 0.4) is 0 Å². The second-order valence-corrected chi connectivity index (χ2v) is 6.97. The van der Waals surface area contributed by atoms with Crippen molar-refractivity contribution < 1.29 is 27.1 Å². The molecule has 0 aromatic heterocycles. The lowest BCUT2D eigenvalue weighted by molar-refractivity contribution is -0.274. The van der Waals surface area contributed by atoms with E-state index in [2.05, 4.69) is 10.1 Å². The van der Waals surface area contributed by atoms with Crippen LogP contribution >= 0.6 is 0 Å². The monoisotopic (exact) mass is 410 g/mol. The predicted molar refractivity (Wildman–Crippen MR) is 99.4 cm³/mol. The fourth-order valence-corrected chi connectivity index (χ4v) is 3.48. The summed E-state index contributed by atoms with van der Waals surface area (Å²) in [4.78, 5) is 13.9. The number of carbonyl (C=O) groups is 1. The number of hydrogen-bond donors (Lipinski definition) is 1. The number of ether oxygens (including phenoxy) is 1. The molecule has 1 saturated heterocycles. The Kier molecular flexibility index (Phi) is 6.74. The van der Waals surface area contributed by atoms with Gasteiger partial charge >= 0.3 is 6.36 Å². The highest BCUT2D eigenvalue weighted by Crippen LogP contribution is 2.27. The Morgan fingerprint density at radius 1 is 1.14 bits per heavy atom. The van der Waals surface area contributed by atoms with E-state index in [0.29, 0.717) is 43.5 Å². The number of rotatable bonds is 8. The van der Waals surface area contributed by atoms with Crippen LogP contribution in [0.4, 0.5) is 17.6 Å². The zero-order valence-corrected chi connectivity index (χ0v) is 15.7. The van der Waals surface area contributed by atoms with E-state index >= 15 is 0 Å². The van der Waals surface area contributed by atoms with Gasteiger partial charge in [0.1, 0.15) is 11.6 Å². The second-order valence-electron chi connectivity index (χ2n) is 6.97. The van der Waals surface area contributed by atoms with E-state index < -0.39 is 6.36 Å². The molecule has 1 fully saturated rings. The summed E-state index contributed by atoms with van der Waals surface area (Å²) in [7, 11) is 0. The molecule has 8 heteroatoms. The van der Waals surface area contributed by atoms with E-state index in [1.807, 2.05) is 0 Å². The molecule has 1 amide bonds. The lowest BCUT2D eigenvalue weighted by Gasteiger charge is -2.25. The zero-order chi connectivity index (χ0) is 20.9. The molecule has 0 aliphatic carbocycles. The van der Waals surface area contributed by atoms with Crippen molar-refractivity contribution in [2.75, 3.05) is 6.54 Å². The molecule has 29 heavy (non-hydrogen) atoms. The van der Waals surface area contributed by atoms with Crippen molar-refractivity contribution in [1.82, 2.24) is 10.2 Å². The number of benzene rings is 2. The number of amides is 1. The number of carbonyl (C=O) groups excluding carboxylic acids is 1. The summed E-state index contributed by atoms with van der Waals surface area (Å²) in [6, 6.07) is 12.2. The maximum atomic E-state index is 13.6. The van der Waals surface area contributed by atoms with Crippen LogP contribution in [-0.2, 0) is 17.9 Å². The van der Waals surface area contributed by atoms with Gasteiger partial charge in [0.15, 0.2) is 0 Å². The SMILES string of the molecule is O=C1CCC(CCNCc2ccccc2F)N1Cc1cccc(OC(F)(F)F)c1. The zero-order valence-electron chi connectivity index (χ0n) is 15.7. The highest BCUT2D eigenvalue weighted by atomic mass is 19.4. The molecule has 0 saturated carbocycles. The van der Waals surface area contributed by atoms with Gasteiger partial charge in [-0.2, -0.15) is 0 Å². The Balaban J connectivity index is 1.54. The van der Waals surface area contributed by atoms with Crippen molar-refractivity contribution in [2.24, 2.45) is 0 Å². The molecule has 0 spiro atoms. The van der Waals surface area contributed by atoms with Crippen LogP contribution in [0.25, 0.3) is 0 Å². The third-order valence-corrected chi connectivity index (χ3v) is 4.87. The van der Waals surface area contributed by atoms with Crippen LogP contribution in [-0.4, -0.2) is 29.8 Å². The summed E-state index contributed by atoms with van der Waals surface area (Å²) < 4.78 is 54.8. The van der Waals surface area contributed by atoms with E-state index in [1.165, 1.54) is 24.3 Å². The van der Waals surface area contributed by atoms with Crippen molar-refractivity contribution in [3.8, 4) is 5.75 Å². The molecule has 2 aromatic carbocycles. The first-order valence-corrected chi connectivity index (χ1v) is 9.40. The van der Waals surface area contributed by atoms with E-state index in [9.17, 15) is 22.4 Å². The molecule has 1 aliphatic heterocycles. The topological polar surface area (TPSA) is 41.6 Å². The van der Waals surface area contributed by atoms with Gasteiger partial charge in [-0.05, 0) is 43.1 Å². The van der Waals surface area contributed by atoms with Crippen LogP contribution in [0.5, 0.6) is 5.75 Å². The van der Waals surface area contributed by atoms with Gasteiger partial charge < -0.3 is 15.0 Å². The van der Waals surface area contributed by atoms with E-state index in [4.69, 9.17) is 0 Å². The molecule has 1 aliphatic rings. The van der Waals surface area contributed by atoms with Crippen molar-refractivity contribution in [1.29, 1.82) is 0 Å². The average Bonchev–Trinajstić information content (AvgIpc) is 2.99. The molecule has 1 heterocycles. The van der Waals surface area contributed by atoms with Gasteiger partial charge in [-0.15, -0.1) is 13.2 Å². The number of likely N-dealkylation sites (tertiary alicyclic amines) is 1. The normalized spacial score (nSPS) is 17.0. The van der Waals surface area contributed by atoms with Gasteiger partial charge in [-0.3, -0.25) is 4.79 Å². The molecular formula is C21H22F4N2O2. The van der Waals surface area contributed by atoms with Crippen LogP contribution in [0.15, 0.2) is 48.5 Å². The van der Waals surface area contributed by atoms with Gasteiger partial charge in [-0.1, -0.05) is 30.3 Å². The Bertz CT molecular complexity index is 841. The highest BCUT2D eigenvalue weighted by molar-refractivity contribution is 5.78. The largest absolute Gasteiger partial charge is 0.573 e. The summed E-state index contributed by atoms with van der Waals surface area (Å²) in [5.41, 5.74) is 1.15. The Morgan fingerprint density at radius 2 is 1.93 bits per heavy atom. The standard InChI is InChI=1S/C21H22F4N2O2/c22-19-7-2-1-5-16(19)13-26-11-10-17-8-9-20(28)27(17)14-15-4-3-6-18(12-15)29-21(23,24)25/h1-7,12,17,26H,8-11,13-14H2. The van der Waals surface area contributed by atoms with Gasteiger partial charge in [0.05, 0.1) is 0 Å². The highest BCUT2D eigenvalue weighted by Gasteiger charge is 2.32. The lowest BCUT2D eigenvalue weighted by Crippen LogP contribution is -2.34. The van der Waals surface area contributed by atoms with Crippen molar-refractivity contribution in [3.63, 3.8) is 0 Å². The molecule has 1 atom stereocenters. The Morgan fingerprint density at radius 3 is 2.69 bits per heavy atom. The predicted octanol–water partition coefficient (Wildman–Crippen LogP) is 4.40. The van der Waals surface area contributed by atoms with E-state index in [0.717, 1.165) is 0 Å². The van der Waals surface area contributed by atoms with Crippen LogP contribution in [0.2, 0.25) is 0 Å². The van der Waals surface area contributed by atoms with Crippen LogP contribution in [0.1, 0.15) is 30.4 Å². The molecule has 2 aromatic rings. The number of nitrogens with one attached hydrogen (secondary N) is 1. The van der Waals surface area contributed by atoms with Crippen molar-refractivity contribution in [3.05, 3.63) is 65.5 Å². The molecule has 0 bridgehead atoms. The van der Waals surface area contributed by atoms with Crippen LogP contribution in [0, 0.1) is 5.82 Å². The summed E-state index contributed by atoms with van der Waals surface area (Å²) in [5, 5.41) is 3.18. The molecule has 4 nitrogen and oxygen atoms in total. The van der Waals surface area contributed by atoms with Gasteiger partial charge in [0.25, 0.3) is 0 Å². The molecule has 1 unspecified atom stereocenters. The maximum absolute atomic E-state index is 13.6. The minimum atomic E-state index is -4.76. The quantitative estimate of drug-likeness (QED) is 0.518. The number of hydrogen-bond acceptors (Lipinski definition) is 3. The first-order valence-electron chi connectivity index (χ1n) is 9.40. The molecule has 0 radical (unpaired) electrons. The first-order chi connectivity index (χ1) is 13.8. The fourth-order valence-electron chi connectivity index (χ4n) is 3.48. The Labute approximate surface area is 166 Å². The summed E-state index contributed by atoms with van der Waals surface area (Å²) in [6.07, 6.45) is -2.97. The third-order valence-electron chi connectivity index (χ3n) is 4.87. The number of nitrogens with zero attached hydrogens (tertiary/aromatic N) is 1. The molecule has 156 valence electrons. The molecular weight excluding hydrogens is 388 g/mol. The number of alkyl halides is 3. The fraction of sp³-hybridized carbons (Fsp3) is 0.381. The summed E-state index contributed by atoms with van der Waals surface area (Å²) in [6.45, 7) is 1.22. The maximum Gasteiger partial charge on any atom is 0.573 e. The van der Waals surface area contributed by atoms with Gasteiger partial charge in [0.2, 0.25) is 5.91 Å². The van der Waals surface area contributed by atoms with E-state index in [-0.39, 0.29) is 30.1 Å². The van der Waals surface area contributed by atoms with Crippen LogP contribution < -0.4 is 10.1 Å². The van der Waals surface area contributed by atoms with Gasteiger partial charge in [-0.25, -0.2) is 4.39 Å². The van der Waals surface area contributed by atoms with Crippen molar-refractivity contribution in [2.45, 2.75) is 44.8 Å². The minimum Gasteiger partial charge on any atom is -0.406 e. The first kappa shape index (κ1) is 21.1. The molecule has 1 N–H and O–H groups in total. The average molecular weight is 410 g/mol. The number of halogens is 4. The summed E-state index contributed by atoms with van der Waals surface area (Å²) in [5.74, 6) is -0.588. The van der Waals surface area contributed by atoms with E-state index in [1.54, 1.807) is 29.2 Å². The Hall–Kier alpha value is -2.61. The molecule has 3 rings (SSSR count). The second kappa shape index (κ2) is 9.26. The lowest BCUT2D eigenvalue weighted by atomic mass is 10.1.